The van der Waals surface area contributed by atoms with Gasteiger partial charge in [-0.25, -0.2) is 0 Å². The molecule has 0 aromatic carbocycles. The number of likely N-dealkylation sites (N-methyl/N-ethyl adjacent to an activating group) is 1. The summed E-state index contributed by atoms with van der Waals surface area (Å²) in [4.78, 5) is 40.1. The lowest BCUT2D eigenvalue weighted by molar-refractivity contribution is -0.870. The monoisotopic (exact) mass is 1150 g/mol. The molecule has 0 aliphatic carbocycles. The van der Waals surface area contributed by atoms with E-state index in [4.69, 9.17) is 13.8 Å². The van der Waals surface area contributed by atoms with Gasteiger partial charge in [0.2, 0.25) is 5.91 Å². The quantitative estimate of drug-likeness (QED) is 0.0212. The molecule has 0 heterocycles. The summed E-state index contributed by atoms with van der Waals surface area (Å²) >= 11 is 0. The lowest BCUT2D eigenvalue weighted by Crippen LogP contribution is -2.47. The Kier molecular flexibility index (Phi) is 57.4. The van der Waals surface area contributed by atoms with Crippen molar-refractivity contribution in [1.29, 1.82) is 0 Å². The van der Waals surface area contributed by atoms with E-state index >= 15 is 0 Å². The third kappa shape index (κ3) is 61.1. The number of rotatable bonds is 59. The highest BCUT2D eigenvalue weighted by atomic mass is 31.2. The minimum atomic E-state index is -4.72. The lowest BCUT2D eigenvalue weighted by Gasteiger charge is -2.30. The molecule has 1 N–H and O–H groups in total. The molecule has 0 bridgehead atoms. The van der Waals surface area contributed by atoms with Crippen molar-refractivity contribution in [1.82, 2.24) is 5.32 Å². The second-order valence-electron chi connectivity index (χ2n) is 23.3. The van der Waals surface area contributed by atoms with Gasteiger partial charge < -0.3 is 28.5 Å². The number of carbonyl (C=O) groups is 2. The fraction of sp³-hybridized carbons (Fsp3) is 0.718. The van der Waals surface area contributed by atoms with Crippen LogP contribution < -0.4 is 10.2 Å². The van der Waals surface area contributed by atoms with Gasteiger partial charge in [0.15, 0.2) is 0 Å². The average Bonchev–Trinajstić information content (AvgIpc) is 3.44. The summed E-state index contributed by atoms with van der Waals surface area (Å²) in [5.41, 5.74) is 0. The first-order valence-electron chi connectivity index (χ1n) is 33.2. The van der Waals surface area contributed by atoms with E-state index in [1.54, 1.807) is 0 Å². The summed E-state index contributed by atoms with van der Waals surface area (Å²) < 4.78 is 30.4. The number of ether oxygens (including phenoxy) is 1. The van der Waals surface area contributed by atoms with Gasteiger partial charge in [0, 0.05) is 12.8 Å². The van der Waals surface area contributed by atoms with E-state index in [-0.39, 0.29) is 31.3 Å². The molecule has 466 valence electrons. The molecule has 81 heavy (non-hydrogen) atoms. The number of esters is 1. The van der Waals surface area contributed by atoms with Gasteiger partial charge in [-0.2, -0.15) is 0 Å². The van der Waals surface area contributed by atoms with Crippen molar-refractivity contribution in [3.63, 3.8) is 0 Å². The second kappa shape index (κ2) is 59.8. The van der Waals surface area contributed by atoms with E-state index < -0.39 is 26.6 Å². The van der Waals surface area contributed by atoms with Gasteiger partial charge in [0.25, 0.3) is 7.82 Å². The fourth-order valence-electron chi connectivity index (χ4n) is 9.02. The minimum Gasteiger partial charge on any atom is -0.756 e. The number of nitrogens with one attached hydrogen (secondary N) is 1. The van der Waals surface area contributed by atoms with Crippen LogP contribution in [0.3, 0.4) is 0 Å². The summed E-state index contributed by atoms with van der Waals surface area (Å²) in [7, 11) is 1.15. The first kappa shape index (κ1) is 77.7. The molecule has 3 unspecified atom stereocenters. The molecule has 0 aromatic rings. The molecule has 0 saturated heterocycles. The average molecular weight is 1150 g/mol. The number of quaternary nitrogens is 1. The zero-order valence-corrected chi connectivity index (χ0v) is 54.1. The van der Waals surface area contributed by atoms with Crippen LogP contribution >= 0.6 is 7.82 Å². The van der Waals surface area contributed by atoms with Crippen LogP contribution in [0.25, 0.3) is 0 Å². The van der Waals surface area contributed by atoms with Crippen LogP contribution in [-0.2, 0) is 27.9 Å². The van der Waals surface area contributed by atoms with Crippen molar-refractivity contribution in [2.24, 2.45) is 0 Å². The Morgan fingerprint density at radius 2 is 0.753 bits per heavy atom. The van der Waals surface area contributed by atoms with Gasteiger partial charge in [0.05, 0.1) is 33.8 Å². The number of allylic oxidation sites excluding steroid dienone is 17. The molecule has 0 aliphatic heterocycles. The summed E-state index contributed by atoms with van der Waals surface area (Å²) in [6.07, 6.45) is 81.9. The number of amides is 1. The van der Waals surface area contributed by atoms with Crippen LogP contribution in [0.1, 0.15) is 278 Å². The van der Waals surface area contributed by atoms with Crippen molar-refractivity contribution in [2.75, 3.05) is 40.9 Å². The van der Waals surface area contributed by atoms with E-state index in [9.17, 15) is 19.0 Å². The molecular weight excluding hydrogens is 1020 g/mol. The Hall–Kier alpha value is -3.33. The molecule has 0 spiro atoms. The number of hydrogen-bond acceptors (Lipinski definition) is 7. The summed E-state index contributed by atoms with van der Waals surface area (Å²) in [6, 6.07) is -0.914. The minimum absolute atomic E-state index is 0.0350. The molecule has 0 radical (unpaired) electrons. The van der Waals surface area contributed by atoms with Crippen LogP contribution in [-0.4, -0.2) is 69.4 Å². The Balaban J connectivity index is 5.32. The van der Waals surface area contributed by atoms with Crippen LogP contribution in [0.5, 0.6) is 0 Å². The van der Waals surface area contributed by atoms with E-state index in [1.807, 2.05) is 33.3 Å². The van der Waals surface area contributed by atoms with Gasteiger partial charge >= 0.3 is 5.97 Å². The molecule has 0 rings (SSSR count). The maximum absolute atomic E-state index is 13.6. The number of unbranched alkanes of at least 4 members (excludes halogenated alkanes) is 27. The van der Waals surface area contributed by atoms with Crippen LogP contribution in [0.2, 0.25) is 0 Å². The fourth-order valence-corrected chi connectivity index (χ4v) is 9.74. The molecule has 9 nitrogen and oxygen atoms in total. The van der Waals surface area contributed by atoms with Crippen LogP contribution in [0.4, 0.5) is 0 Å². The van der Waals surface area contributed by atoms with E-state index in [0.29, 0.717) is 23.9 Å². The Labute approximate surface area is 500 Å². The highest BCUT2D eigenvalue weighted by molar-refractivity contribution is 7.45. The zero-order chi connectivity index (χ0) is 59.3. The normalized spacial score (nSPS) is 14.3. The molecule has 10 heteroatoms. The molecular formula is C71H125N2O7P. The number of nitrogens with zero attached hydrogens (tertiary/aromatic N) is 1. The Bertz CT molecular complexity index is 1750. The van der Waals surface area contributed by atoms with E-state index in [2.05, 4.69) is 123 Å². The molecule has 0 aliphatic rings. The Morgan fingerprint density at radius 1 is 0.432 bits per heavy atom. The van der Waals surface area contributed by atoms with Gasteiger partial charge in [-0.3, -0.25) is 14.2 Å². The first-order valence-corrected chi connectivity index (χ1v) is 34.7. The molecule has 0 saturated carbocycles. The highest BCUT2D eigenvalue weighted by Crippen LogP contribution is 2.38. The van der Waals surface area contributed by atoms with Gasteiger partial charge in [-0.15, -0.1) is 0 Å². The van der Waals surface area contributed by atoms with Crippen molar-refractivity contribution in [2.45, 2.75) is 290 Å². The van der Waals surface area contributed by atoms with Crippen molar-refractivity contribution < 1.29 is 37.3 Å². The van der Waals surface area contributed by atoms with Crippen LogP contribution in [0, 0.1) is 0 Å². The molecule has 3 atom stereocenters. The number of carbonyl (C=O) groups excluding carboxylic acids is 2. The maximum atomic E-state index is 13.6. The van der Waals surface area contributed by atoms with Crippen molar-refractivity contribution >= 4 is 19.7 Å². The first-order chi connectivity index (χ1) is 39.4. The molecule has 0 aromatic heterocycles. The molecule has 1 amide bonds. The molecule has 0 fully saturated rings. The number of hydrogen-bond donors (Lipinski definition) is 1. The van der Waals surface area contributed by atoms with Crippen molar-refractivity contribution in [3.05, 3.63) is 109 Å². The topological polar surface area (TPSA) is 114 Å². The third-order valence-electron chi connectivity index (χ3n) is 14.2. The standard InChI is InChI=1S/C71H125N2O7P/c1-7-10-13-16-19-22-25-28-30-32-34-36-38-40-42-45-48-51-54-57-60-63-70(74)72-68(67-79-81(76,77)78-66-65-73(4,5)6)69(62-59-56-53-50-47-44-27-24-21-18-15-12-9-3)80-71(75)64-61-58-55-52-49-46-43-41-39-37-35-33-31-29-26-23-20-17-14-11-8-2/h19-20,22-23,28-31,34-37,40-43,59,62,68-69H,7-18,21,24-27,32-33,38-39,44-58,60-61,63-67H2,1-6H3,(H-,72,74,76,77)/b22-19-,23-20-,30-28-,31-29-,36-34-,37-35-,42-40-,43-41-,62-59+. The SMILES string of the molecule is CCCCC/C=C\C/C=C\C/C=C\C/C=C\CCCCCCCC(=O)NC(COP(=O)([O-])OCC[N+](C)(C)C)C(/C=C/CCCCCCCCCCCCC)OC(=O)CCCCCCC/C=C\C/C=C\C/C=C\C/C=C\CCCCC. The van der Waals surface area contributed by atoms with Gasteiger partial charge in [-0.05, 0) is 122 Å². The van der Waals surface area contributed by atoms with Crippen LogP contribution in [0.15, 0.2) is 109 Å². The number of phosphoric acid groups is 1. The smallest absolute Gasteiger partial charge is 0.306 e. The summed E-state index contributed by atoms with van der Waals surface area (Å²) in [6.45, 7) is 6.76. The second-order valence-corrected chi connectivity index (χ2v) is 24.7. The predicted molar refractivity (Wildman–Crippen MR) is 348 cm³/mol. The lowest BCUT2D eigenvalue weighted by atomic mass is 10.0. The third-order valence-corrected chi connectivity index (χ3v) is 15.1. The Morgan fingerprint density at radius 3 is 1.15 bits per heavy atom. The highest BCUT2D eigenvalue weighted by Gasteiger charge is 2.27. The zero-order valence-electron chi connectivity index (χ0n) is 53.2. The van der Waals surface area contributed by atoms with E-state index in [0.717, 1.165) is 122 Å². The number of phosphoric ester groups is 1. The van der Waals surface area contributed by atoms with E-state index in [1.165, 1.54) is 109 Å². The van der Waals surface area contributed by atoms with Gasteiger partial charge in [-0.1, -0.05) is 252 Å². The van der Waals surface area contributed by atoms with Crippen molar-refractivity contribution in [3.8, 4) is 0 Å². The maximum Gasteiger partial charge on any atom is 0.306 e. The summed E-state index contributed by atoms with van der Waals surface area (Å²) in [5.74, 6) is -0.585. The largest absolute Gasteiger partial charge is 0.756 e. The predicted octanol–water partition coefficient (Wildman–Crippen LogP) is 20.3. The van der Waals surface area contributed by atoms with Gasteiger partial charge in [0.1, 0.15) is 19.3 Å². The summed E-state index contributed by atoms with van der Waals surface area (Å²) in [5, 5.41) is 3.02.